The van der Waals surface area contributed by atoms with Crippen molar-refractivity contribution in [3.63, 3.8) is 0 Å². The first-order valence-corrected chi connectivity index (χ1v) is 6.15. The van der Waals surface area contributed by atoms with Gasteiger partial charge < -0.3 is 15.2 Å². The van der Waals surface area contributed by atoms with Crippen LogP contribution in [0.1, 0.15) is 20.8 Å². The van der Waals surface area contributed by atoms with Gasteiger partial charge in [0.25, 0.3) is 0 Å². The SMILES string of the molecule is CCOC(=O)C(CSC(=O)C(C)O)NC(C)=O. The van der Waals surface area contributed by atoms with Crippen molar-refractivity contribution in [2.24, 2.45) is 0 Å². The average Bonchev–Trinajstić information content (AvgIpc) is 2.23. The minimum atomic E-state index is -1.10. The summed E-state index contributed by atoms with van der Waals surface area (Å²) >= 11 is 0.784. The van der Waals surface area contributed by atoms with Gasteiger partial charge in [0.2, 0.25) is 11.0 Å². The monoisotopic (exact) mass is 263 g/mol. The van der Waals surface area contributed by atoms with Gasteiger partial charge in [0.15, 0.2) is 0 Å². The number of nitrogens with one attached hydrogen (secondary N) is 1. The Labute approximate surface area is 104 Å². The molecule has 17 heavy (non-hydrogen) atoms. The second kappa shape index (κ2) is 8.08. The number of carbonyl (C=O) groups is 3. The van der Waals surface area contributed by atoms with Gasteiger partial charge in [-0.25, -0.2) is 4.79 Å². The topological polar surface area (TPSA) is 92.7 Å². The van der Waals surface area contributed by atoms with Crippen molar-refractivity contribution < 1.29 is 24.2 Å². The molecule has 6 nitrogen and oxygen atoms in total. The lowest BCUT2D eigenvalue weighted by atomic mass is 10.3. The minimum absolute atomic E-state index is 0.0438. The second-order valence-electron chi connectivity index (χ2n) is 3.31. The van der Waals surface area contributed by atoms with E-state index in [0.717, 1.165) is 11.8 Å². The summed E-state index contributed by atoms with van der Waals surface area (Å²) in [6, 6.07) is -0.875. The maximum Gasteiger partial charge on any atom is 0.329 e. The fourth-order valence-electron chi connectivity index (χ4n) is 0.943. The first-order chi connectivity index (χ1) is 7.88. The summed E-state index contributed by atoms with van der Waals surface area (Å²) in [6.07, 6.45) is -1.10. The van der Waals surface area contributed by atoms with Gasteiger partial charge in [-0.15, -0.1) is 0 Å². The summed E-state index contributed by atoms with van der Waals surface area (Å²) in [5.74, 6) is -0.927. The molecule has 0 rings (SSSR count). The van der Waals surface area contributed by atoms with Gasteiger partial charge >= 0.3 is 5.97 Å². The highest BCUT2D eigenvalue weighted by atomic mass is 32.2. The van der Waals surface area contributed by atoms with Gasteiger partial charge in [0, 0.05) is 12.7 Å². The smallest absolute Gasteiger partial charge is 0.329 e. The van der Waals surface area contributed by atoms with E-state index in [4.69, 9.17) is 9.84 Å². The number of aliphatic hydroxyl groups excluding tert-OH is 1. The molecule has 0 saturated heterocycles. The summed E-state index contributed by atoms with van der Waals surface area (Å²) in [4.78, 5) is 33.5. The number of thioether (sulfide) groups is 1. The Hall–Kier alpha value is -1.08. The molecule has 0 aromatic rings. The van der Waals surface area contributed by atoms with Crippen molar-refractivity contribution in [1.29, 1.82) is 0 Å². The number of hydrogen-bond acceptors (Lipinski definition) is 6. The van der Waals surface area contributed by atoms with Crippen LogP contribution in [0.3, 0.4) is 0 Å². The Balaban J connectivity index is 4.33. The van der Waals surface area contributed by atoms with Gasteiger partial charge in [0.05, 0.1) is 6.61 Å². The van der Waals surface area contributed by atoms with Crippen molar-refractivity contribution in [3.05, 3.63) is 0 Å². The highest BCUT2D eigenvalue weighted by Crippen LogP contribution is 2.08. The number of amides is 1. The minimum Gasteiger partial charge on any atom is -0.464 e. The second-order valence-corrected chi connectivity index (χ2v) is 4.34. The van der Waals surface area contributed by atoms with Crippen molar-refractivity contribution in [2.75, 3.05) is 12.4 Å². The van der Waals surface area contributed by atoms with Crippen LogP contribution in [0.5, 0.6) is 0 Å². The predicted molar refractivity (Wildman–Crippen MR) is 63.4 cm³/mol. The van der Waals surface area contributed by atoms with E-state index >= 15 is 0 Å². The molecule has 2 unspecified atom stereocenters. The molecule has 0 aliphatic heterocycles. The summed E-state index contributed by atoms with van der Waals surface area (Å²) < 4.78 is 4.76. The normalized spacial score (nSPS) is 13.6. The van der Waals surface area contributed by atoms with Crippen LogP contribution < -0.4 is 5.32 Å². The highest BCUT2D eigenvalue weighted by molar-refractivity contribution is 8.13. The molecule has 98 valence electrons. The number of esters is 1. The zero-order valence-corrected chi connectivity index (χ0v) is 10.9. The number of ether oxygens (including phenoxy) is 1. The maximum atomic E-state index is 11.4. The van der Waals surface area contributed by atoms with Gasteiger partial charge in [-0.2, -0.15) is 0 Å². The third-order valence-corrected chi connectivity index (χ3v) is 2.81. The van der Waals surface area contributed by atoms with Crippen molar-refractivity contribution in [1.82, 2.24) is 5.32 Å². The molecule has 2 atom stereocenters. The predicted octanol–water partition coefficient (Wildman–Crippen LogP) is -0.305. The molecule has 0 spiro atoms. The molecular formula is C10H17NO5S. The molecular weight excluding hydrogens is 246 g/mol. The zero-order valence-electron chi connectivity index (χ0n) is 10.1. The van der Waals surface area contributed by atoms with Gasteiger partial charge in [-0.3, -0.25) is 9.59 Å². The molecule has 0 aromatic carbocycles. The van der Waals surface area contributed by atoms with Crippen LogP contribution >= 0.6 is 11.8 Å². The van der Waals surface area contributed by atoms with E-state index in [2.05, 4.69) is 5.32 Å². The fourth-order valence-corrected chi connectivity index (χ4v) is 1.73. The number of carbonyl (C=O) groups excluding carboxylic acids is 3. The number of aliphatic hydroxyl groups is 1. The average molecular weight is 263 g/mol. The van der Waals surface area contributed by atoms with Crippen LogP contribution in [-0.2, 0) is 19.1 Å². The number of rotatable bonds is 6. The van der Waals surface area contributed by atoms with E-state index in [1.807, 2.05) is 0 Å². The lowest BCUT2D eigenvalue weighted by Gasteiger charge is -2.15. The van der Waals surface area contributed by atoms with Crippen LogP contribution in [0.4, 0.5) is 0 Å². The Bertz CT molecular complexity index is 292. The molecule has 2 N–H and O–H groups in total. The van der Waals surface area contributed by atoms with Crippen LogP contribution in [0.15, 0.2) is 0 Å². The van der Waals surface area contributed by atoms with E-state index in [1.54, 1.807) is 6.92 Å². The van der Waals surface area contributed by atoms with Crippen LogP contribution in [-0.4, -0.2) is 46.6 Å². The molecule has 0 aliphatic rings. The van der Waals surface area contributed by atoms with Gasteiger partial charge in [0.1, 0.15) is 12.1 Å². The Morgan fingerprint density at radius 2 is 2.00 bits per heavy atom. The first-order valence-electron chi connectivity index (χ1n) is 5.16. The fraction of sp³-hybridized carbons (Fsp3) is 0.700. The highest BCUT2D eigenvalue weighted by Gasteiger charge is 2.23. The third-order valence-electron chi connectivity index (χ3n) is 1.68. The molecule has 0 fully saturated rings. The zero-order chi connectivity index (χ0) is 13.4. The molecule has 0 radical (unpaired) electrons. The summed E-state index contributed by atoms with van der Waals surface area (Å²) in [7, 11) is 0. The standard InChI is InChI=1S/C10H17NO5S/c1-4-16-9(14)8(11-7(3)13)5-17-10(15)6(2)12/h6,8,12H,4-5H2,1-3H3,(H,11,13). The quantitative estimate of drug-likeness (QED) is 0.639. The molecule has 0 bridgehead atoms. The summed E-state index contributed by atoms with van der Waals surface area (Å²) in [6.45, 7) is 4.46. The Kier molecular flexibility index (Phi) is 7.56. The molecule has 0 heterocycles. The van der Waals surface area contributed by atoms with Crippen LogP contribution in [0, 0.1) is 0 Å². The number of hydrogen-bond donors (Lipinski definition) is 2. The molecule has 1 amide bonds. The summed E-state index contributed by atoms with van der Waals surface area (Å²) in [5, 5.41) is 10.9. The first kappa shape index (κ1) is 15.9. The lowest BCUT2D eigenvalue weighted by Crippen LogP contribution is -2.43. The van der Waals surface area contributed by atoms with E-state index in [9.17, 15) is 14.4 Å². The summed E-state index contributed by atoms with van der Waals surface area (Å²) in [5.41, 5.74) is 0. The third kappa shape index (κ3) is 6.96. The van der Waals surface area contributed by atoms with Crippen molar-refractivity contribution >= 4 is 28.8 Å². The largest absolute Gasteiger partial charge is 0.464 e. The van der Waals surface area contributed by atoms with E-state index in [1.165, 1.54) is 13.8 Å². The Morgan fingerprint density at radius 3 is 2.41 bits per heavy atom. The van der Waals surface area contributed by atoms with Gasteiger partial charge in [-0.1, -0.05) is 11.8 Å². The lowest BCUT2D eigenvalue weighted by molar-refractivity contribution is -0.146. The van der Waals surface area contributed by atoms with E-state index in [0.29, 0.717) is 0 Å². The van der Waals surface area contributed by atoms with E-state index in [-0.39, 0.29) is 18.3 Å². The van der Waals surface area contributed by atoms with Crippen LogP contribution in [0.25, 0.3) is 0 Å². The molecule has 0 aliphatic carbocycles. The maximum absolute atomic E-state index is 11.4. The molecule has 0 aromatic heterocycles. The van der Waals surface area contributed by atoms with Crippen LogP contribution in [0.2, 0.25) is 0 Å². The van der Waals surface area contributed by atoms with Crippen molar-refractivity contribution in [3.8, 4) is 0 Å². The van der Waals surface area contributed by atoms with Gasteiger partial charge in [-0.05, 0) is 13.8 Å². The Morgan fingerprint density at radius 1 is 1.41 bits per heavy atom. The molecule has 7 heteroatoms. The van der Waals surface area contributed by atoms with Crippen molar-refractivity contribution in [2.45, 2.75) is 32.9 Å². The molecule has 0 saturated carbocycles. The van der Waals surface area contributed by atoms with E-state index < -0.39 is 23.2 Å².